The molecule has 7 nitrogen and oxygen atoms in total. The Bertz CT molecular complexity index is 805. The summed E-state index contributed by atoms with van der Waals surface area (Å²) in [5.74, 6) is 1.22. The predicted octanol–water partition coefficient (Wildman–Crippen LogP) is 1.60. The monoisotopic (exact) mass is 307 g/mol. The van der Waals surface area contributed by atoms with E-state index in [9.17, 15) is 4.79 Å². The molecule has 1 atom stereocenters. The van der Waals surface area contributed by atoms with E-state index in [1.165, 1.54) is 6.33 Å². The van der Waals surface area contributed by atoms with Gasteiger partial charge in [-0.15, -0.1) is 0 Å². The lowest BCUT2D eigenvalue weighted by atomic mass is 10.1. The Morgan fingerprint density at radius 3 is 2.91 bits per heavy atom. The van der Waals surface area contributed by atoms with Gasteiger partial charge in [-0.05, 0) is 23.8 Å². The standard InChI is InChI=1S/C16H13N5O2/c22-16(14-7-11-3-1-2-4-13(11)23-14)20-12-5-6-15(18-8-12)21-10-17-9-19-21/h1-6,8-10,14H,7H2,(H,20,22). The number of rotatable bonds is 3. The van der Waals surface area contributed by atoms with Crippen LogP contribution in [0.4, 0.5) is 5.69 Å². The second-order valence-corrected chi connectivity index (χ2v) is 5.15. The minimum Gasteiger partial charge on any atom is -0.480 e. The first-order valence-corrected chi connectivity index (χ1v) is 7.16. The van der Waals surface area contributed by atoms with Gasteiger partial charge in [-0.3, -0.25) is 4.79 Å². The van der Waals surface area contributed by atoms with Gasteiger partial charge in [0.05, 0.1) is 11.9 Å². The molecule has 1 amide bonds. The van der Waals surface area contributed by atoms with Crippen molar-refractivity contribution in [2.24, 2.45) is 0 Å². The van der Waals surface area contributed by atoms with Crippen molar-refractivity contribution in [2.45, 2.75) is 12.5 Å². The number of nitrogens with zero attached hydrogens (tertiary/aromatic N) is 4. The second kappa shape index (κ2) is 5.53. The van der Waals surface area contributed by atoms with Crippen LogP contribution in [0.1, 0.15) is 5.56 Å². The van der Waals surface area contributed by atoms with Gasteiger partial charge in [0.1, 0.15) is 18.4 Å². The van der Waals surface area contributed by atoms with Gasteiger partial charge in [0.25, 0.3) is 5.91 Å². The van der Waals surface area contributed by atoms with E-state index in [1.54, 1.807) is 29.3 Å². The number of aromatic nitrogens is 4. The number of hydrogen-bond acceptors (Lipinski definition) is 5. The van der Waals surface area contributed by atoms with Gasteiger partial charge in [-0.2, -0.15) is 5.10 Å². The van der Waals surface area contributed by atoms with Crippen molar-refractivity contribution in [3.63, 3.8) is 0 Å². The molecule has 0 fully saturated rings. The van der Waals surface area contributed by atoms with Gasteiger partial charge in [-0.25, -0.2) is 14.6 Å². The molecule has 0 saturated carbocycles. The molecule has 23 heavy (non-hydrogen) atoms. The highest BCUT2D eigenvalue weighted by molar-refractivity contribution is 5.95. The Morgan fingerprint density at radius 2 is 2.17 bits per heavy atom. The molecule has 0 saturated heterocycles. The number of fused-ring (bicyclic) bond motifs is 1. The van der Waals surface area contributed by atoms with Crippen LogP contribution >= 0.6 is 0 Å². The molecule has 7 heteroatoms. The van der Waals surface area contributed by atoms with Crippen LogP contribution in [0.15, 0.2) is 55.2 Å². The molecule has 0 radical (unpaired) electrons. The average Bonchev–Trinajstić information content (AvgIpc) is 3.25. The first-order chi connectivity index (χ1) is 11.3. The molecule has 1 aliphatic rings. The molecule has 4 rings (SSSR count). The van der Waals surface area contributed by atoms with E-state index < -0.39 is 6.10 Å². The summed E-state index contributed by atoms with van der Waals surface area (Å²) in [6.07, 6.45) is 4.64. The zero-order valence-corrected chi connectivity index (χ0v) is 12.1. The summed E-state index contributed by atoms with van der Waals surface area (Å²) in [6.45, 7) is 0. The number of benzene rings is 1. The minimum absolute atomic E-state index is 0.184. The molecule has 114 valence electrons. The summed E-state index contributed by atoms with van der Waals surface area (Å²) < 4.78 is 7.21. The molecule has 0 spiro atoms. The van der Waals surface area contributed by atoms with Crippen molar-refractivity contribution in [2.75, 3.05) is 5.32 Å². The smallest absolute Gasteiger partial charge is 0.265 e. The van der Waals surface area contributed by atoms with Crippen LogP contribution < -0.4 is 10.1 Å². The van der Waals surface area contributed by atoms with E-state index >= 15 is 0 Å². The molecule has 0 bridgehead atoms. The van der Waals surface area contributed by atoms with E-state index in [0.717, 1.165) is 11.3 Å². The maximum absolute atomic E-state index is 12.3. The largest absolute Gasteiger partial charge is 0.480 e. The van der Waals surface area contributed by atoms with Crippen LogP contribution in [0.3, 0.4) is 0 Å². The number of carbonyl (C=O) groups excluding carboxylic acids is 1. The average molecular weight is 307 g/mol. The van der Waals surface area contributed by atoms with E-state index in [2.05, 4.69) is 20.4 Å². The van der Waals surface area contributed by atoms with Gasteiger partial charge >= 0.3 is 0 Å². The molecular formula is C16H13N5O2. The molecule has 1 aliphatic heterocycles. The van der Waals surface area contributed by atoms with Crippen LogP contribution in [-0.4, -0.2) is 31.8 Å². The third-order valence-electron chi connectivity index (χ3n) is 3.61. The summed E-state index contributed by atoms with van der Waals surface area (Å²) in [6, 6.07) is 11.2. The third kappa shape index (κ3) is 2.64. The first-order valence-electron chi connectivity index (χ1n) is 7.16. The van der Waals surface area contributed by atoms with Gasteiger partial charge < -0.3 is 10.1 Å². The number of para-hydroxylation sites is 1. The lowest BCUT2D eigenvalue weighted by Crippen LogP contribution is -2.31. The molecule has 1 unspecified atom stereocenters. The second-order valence-electron chi connectivity index (χ2n) is 5.15. The van der Waals surface area contributed by atoms with Gasteiger partial charge in [0.2, 0.25) is 0 Å². The van der Waals surface area contributed by atoms with Gasteiger partial charge in [0, 0.05) is 6.42 Å². The van der Waals surface area contributed by atoms with Crippen molar-refractivity contribution in [3.05, 3.63) is 60.8 Å². The first kappa shape index (κ1) is 13.4. The summed E-state index contributed by atoms with van der Waals surface area (Å²) in [4.78, 5) is 20.4. The summed E-state index contributed by atoms with van der Waals surface area (Å²) in [5.41, 5.74) is 1.66. The zero-order chi connectivity index (χ0) is 15.6. The quantitative estimate of drug-likeness (QED) is 0.795. The highest BCUT2D eigenvalue weighted by Crippen LogP contribution is 2.28. The van der Waals surface area contributed by atoms with Crippen molar-refractivity contribution in [3.8, 4) is 11.6 Å². The number of ether oxygens (including phenoxy) is 1. The number of anilines is 1. The number of pyridine rings is 1. The zero-order valence-electron chi connectivity index (χ0n) is 12.1. The van der Waals surface area contributed by atoms with E-state index in [4.69, 9.17) is 4.74 Å². The predicted molar refractivity (Wildman–Crippen MR) is 82.3 cm³/mol. The molecule has 1 aromatic carbocycles. The maximum atomic E-state index is 12.3. The Labute approximate surface area is 132 Å². The maximum Gasteiger partial charge on any atom is 0.265 e. The van der Waals surface area contributed by atoms with Crippen molar-refractivity contribution < 1.29 is 9.53 Å². The molecule has 3 aromatic rings. The van der Waals surface area contributed by atoms with Crippen molar-refractivity contribution in [1.82, 2.24) is 19.7 Å². The fourth-order valence-corrected chi connectivity index (χ4v) is 2.47. The fourth-order valence-electron chi connectivity index (χ4n) is 2.47. The summed E-state index contributed by atoms with van der Waals surface area (Å²) >= 11 is 0. The van der Waals surface area contributed by atoms with Crippen LogP contribution in [0, 0.1) is 0 Å². The summed E-state index contributed by atoms with van der Waals surface area (Å²) in [7, 11) is 0. The minimum atomic E-state index is -0.512. The van der Waals surface area contributed by atoms with Crippen LogP contribution in [-0.2, 0) is 11.2 Å². The number of amides is 1. The molecule has 0 aliphatic carbocycles. The van der Waals surface area contributed by atoms with Crippen LogP contribution in [0.2, 0.25) is 0 Å². The number of carbonyl (C=O) groups is 1. The van der Waals surface area contributed by atoms with Crippen molar-refractivity contribution in [1.29, 1.82) is 0 Å². The van der Waals surface area contributed by atoms with Crippen LogP contribution in [0.5, 0.6) is 5.75 Å². The topological polar surface area (TPSA) is 81.9 Å². The van der Waals surface area contributed by atoms with Gasteiger partial charge in [-0.1, -0.05) is 18.2 Å². The van der Waals surface area contributed by atoms with E-state index in [-0.39, 0.29) is 5.91 Å². The highest BCUT2D eigenvalue weighted by atomic mass is 16.5. The lowest BCUT2D eigenvalue weighted by Gasteiger charge is -2.11. The van der Waals surface area contributed by atoms with E-state index in [1.807, 2.05) is 24.3 Å². The Balaban J connectivity index is 1.44. The lowest BCUT2D eigenvalue weighted by molar-refractivity contribution is -0.122. The Morgan fingerprint density at radius 1 is 1.26 bits per heavy atom. The van der Waals surface area contributed by atoms with Crippen molar-refractivity contribution >= 4 is 11.6 Å². The normalized spacial score (nSPS) is 15.7. The van der Waals surface area contributed by atoms with Gasteiger partial charge in [0.15, 0.2) is 11.9 Å². The van der Waals surface area contributed by atoms with Crippen LogP contribution in [0.25, 0.3) is 5.82 Å². The molecule has 1 N–H and O–H groups in total. The number of hydrogen-bond donors (Lipinski definition) is 1. The Hall–Kier alpha value is -3.22. The van der Waals surface area contributed by atoms with E-state index in [0.29, 0.717) is 17.9 Å². The SMILES string of the molecule is O=C(Nc1ccc(-n2cncn2)nc1)C1Cc2ccccc2O1. The third-order valence-corrected chi connectivity index (χ3v) is 3.61. The number of nitrogens with one attached hydrogen (secondary N) is 1. The fraction of sp³-hybridized carbons (Fsp3) is 0.125. The molecule has 2 aromatic heterocycles. The molecular weight excluding hydrogens is 294 g/mol. The molecule has 3 heterocycles. The highest BCUT2D eigenvalue weighted by Gasteiger charge is 2.28. The Kier molecular flexibility index (Phi) is 3.23. The summed E-state index contributed by atoms with van der Waals surface area (Å²) in [5, 5.41) is 6.82.